The van der Waals surface area contributed by atoms with Crippen LogP contribution in [-0.2, 0) is 26.9 Å². The number of carbonyl (C=O) groups is 1. The van der Waals surface area contributed by atoms with Crippen LogP contribution in [0.5, 0.6) is 0 Å². The summed E-state index contributed by atoms with van der Waals surface area (Å²) in [5.41, 5.74) is 7.02. The standard InChI is InChI=1S/C24H22ClFN4O4S/c1-30-22(31)24(29-23(30)27,17-9-7-15(8-10-17)4-3-11-35(32,33)34)18-6-2-5-16(12-18)20-13-19(25)14-28-21(20)26/h2,5-10,12-14H,3-4,11H2,1H3,(H2,27,29)(H,32,33,34). The number of amides is 1. The Morgan fingerprint density at radius 2 is 1.86 bits per heavy atom. The van der Waals surface area contributed by atoms with Crippen LogP contribution in [-0.4, -0.2) is 47.5 Å². The molecule has 0 bridgehead atoms. The molecule has 0 saturated carbocycles. The monoisotopic (exact) mass is 516 g/mol. The lowest BCUT2D eigenvalue weighted by Crippen LogP contribution is -2.41. The molecule has 0 spiro atoms. The van der Waals surface area contributed by atoms with Crippen LogP contribution in [0.4, 0.5) is 4.39 Å². The van der Waals surface area contributed by atoms with Gasteiger partial charge in [0.05, 0.1) is 10.8 Å². The zero-order valence-electron chi connectivity index (χ0n) is 18.6. The first-order valence-electron chi connectivity index (χ1n) is 10.6. The van der Waals surface area contributed by atoms with Crippen molar-refractivity contribution < 1.29 is 22.2 Å². The molecule has 8 nitrogen and oxygen atoms in total. The van der Waals surface area contributed by atoms with Gasteiger partial charge in [0.1, 0.15) is 0 Å². The van der Waals surface area contributed by atoms with Crippen molar-refractivity contribution in [1.82, 2.24) is 9.88 Å². The van der Waals surface area contributed by atoms with Crippen LogP contribution < -0.4 is 5.73 Å². The lowest BCUT2D eigenvalue weighted by Gasteiger charge is -2.27. The number of guanidine groups is 1. The summed E-state index contributed by atoms with van der Waals surface area (Å²) in [6.07, 6.45) is 1.88. The van der Waals surface area contributed by atoms with Gasteiger partial charge in [0.2, 0.25) is 5.95 Å². The van der Waals surface area contributed by atoms with Gasteiger partial charge in [0, 0.05) is 18.8 Å². The minimum atomic E-state index is -4.03. The molecule has 3 N–H and O–H groups in total. The molecule has 1 atom stereocenters. The van der Waals surface area contributed by atoms with E-state index in [2.05, 4.69) is 9.98 Å². The van der Waals surface area contributed by atoms with Crippen molar-refractivity contribution >= 4 is 33.6 Å². The summed E-state index contributed by atoms with van der Waals surface area (Å²) in [5, 5.41) is 0.269. The summed E-state index contributed by atoms with van der Waals surface area (Å²) in [5.74, 6) is -1.39. The number of benzene rings is 2. The fourth-order valence-corrected chi connectivity index (χ4v) is 4.76. The summed E-state index contributed by atoms with van der Waals surface area (Å²) in [7, 11) is -2.51. The van der Waals surface area contributed by atoms with Gasteiger partial charge in [0.15, 0.2) is 11.5 Å². The fraction of sp³-hybridized carbons (Fsp3) is 0.208. The molecule has 0 radical (unpaired) electrons. The van der Waals surface area contributed by atoms with Crippen LogP contribution in [0.15, 0.2) is 65.8 Å². The normalized spacial score (nSPS) is 18.1. The number of nitrogens with zero attached hydrogens (tertiary/aromatic N) is 3. The van der Waals surface area contributed by atoms with E-state index in [1.807, 2.05) is 0 Å². The Balaban J connectivity index is 1.77. The molecule has 0 saturated heterocycles. The number of nitrogens with two attached hydrogens (primary N) is 1. The maximum atomic E-state index is 14.5. The quantitative estimate of drug-likeness (QED) is 0.366. The Bertz CT molecular complexity index is 1430. The van der Waals surface area contributed by atoms with Crippen LogP contribution in [0.25, 0.3) is 11.1 Å². The molecular formula is C24H22ClFN4O4S. The molecule has 2 aromatic carbocycles. The van der Waals surface area contributed by atoms with Gasteiger partial charge in [0.25, 0.3) is 16.0 Å². The van der Waals surface area contributed by atoms with Crippen LogP contribution in [0, 0.1) is 5.95 Å². The molecule has 1 aliphatic rings. The van der Waals surface area contributed by atoms with Crippen molar-refractivity contribution in [2.75, 3.05) is 12.8 Å². The molecule has 182 valence electrons. The maximum Gasteiger partial charge on any atom is 0.266 e. The van der Waals surface area contributed by atoms with Crippen molar-refractivity contribution in [3.8, 4) is 11.1 Å². The number of aliphatic imine (C=N–C) groups is 1. The van der Waals surface area contributed by atoms with E-state index >= 15 is 0 Å². The van der Waals surface area contributed by atoms with Gasteiger partial charge in [-0.25, -0.2) is 9.98 Å². The molecule has 11 heteroatoms. The van der Waals surface area contributed by atoms with Crippen molar-refractivity contribution in [1.29, 1.82) is 0 Å². The zero-order valence-corrected chi connectivity index (χ0v) is 20.2. The first-order chi connectivity index (χ1) is 16.5. The first kappa shape index (κ1) is 24.8. The van der Waals surface area contributed by atoms with Crippen LogP contribution in [0.2, 0.25) is 5.02 Å². The molecule has 2 heterocycles. The number of aromatic nitrogens is 1. The third-order valence-corrected chi connectivity index (χ3v) is 6.89. The zero-order chi connectivity index (χ0) is 25.4. The molecule has 1 aliphatic heterocycles. The third kappa shape index (κ3) is 4.90. The number of rotatable bonds is 7. The van der Waals surface area contributed by atoms with E-state index in [1.165, 1.54) is 24.2 Å². The Kier molecular flexibility index (Phi) is 6.63. The Morgan fingerprint density at radius 3 is 2.49 bits per heavy atom. The molecular weight excluding hydrogens is 495 g/mol. The Morgan fingerprint density at radius 1 is 1.14 bits per heavy atom. The van der Waals surface area contributed by atoms with Gasteiger partial charge in [-0.1, -0.05) is 54.1 Å². The fourth-order valence-electron chi connectivity index (χ4n) is 4.09. The molecule has 0 aliphatic carbocycles. The van der Waals surface area contributed by atoms with E-state index in [0.717, 1.165) is 5.56 Å². The molecule has 1 amide bonds. The van der Waals surface area contributed by atoms with Gasteiger partial charge in [-0.15, -0.1) is 0 Å². The number of likely N-dealkylation sites (N-methyl/N-ethyl adjacent to an activating group) is 1. The number of pyridine rings is 1. The summed E-state index contributed by atoms with van der Waals surface area (Å²) < 4.78 is 45.3. The second kappa shape index (κ2) is 9.37. The molecule has 0 fully saturated rings. The van der Waals surface area contributed by atoms with Crippen molar-refractivity contribution in [3.63, 3.8) is 0 Å². The van der Waals surface area contributed by atoms with Crippen molar-refractivity contribution in [3.05, 3.63) is 88.5 Å². The van der Waals surface area contributed by atoms with Gasteiger partial charge in [-0.2, -0.15) is 12.8 Å². The first-order valence-corrected chi connectivity index (χ1v) is 12.6. The van der Waals surface area contributed by atoms with Crippen molar-refractivity contribution in [2.45, 2.75) is 18.4 Å². The van der Waals surface area contributed by atoms with E-state index < -0.39 is 21.6 Å². The average Bonchev–Trinajstić information content (AvgIpc) is 3.05. The average molecular weight is 517 g/mol. The molecule has 4 rings (SSSR count). The van der Waals surface area contributed by atoms with Gasteiger partial charge in [-0.3, -0.25) is 14.2 Å². The lowest BCUT2D eigenvalue weighted by atomic mass is 9.81. The number of hydrogen-bond acceptors (Lipinski definition) is 6. The maximum absolute atomic E-state index is 14.5. The number of aryl methyl sites for hydroxylation is 1. The lowest BCUT2D eigenvalue weighted by molar-refractivity contribution is -0.129. The van der Waals surface area contributed by atoms with Crippen molar-refractivity contribution in [2.24, 2.45) is 10.7 Å². The summed E-state index contributed by atoms with van der Waals surface area (Å²) in [4.78, 5) is 23.0. The van der Waals surface area contributed by atoms with E-state index in [-0.39, 0.29) is 34.6 Å². The van der Waals surface area contributed by atoms with E-state index in [0.29, 0.717) is 23.1 Å². The van der Waals surface area contributed by atoms with Crippen LogP contribution >= 0.6 is 11.6 Å². The topological polar surface area (TPSA) is 126 Å². The molecule has 35 heavy (non-hydrogen) atoms. The minimum absolute atomic E-state index is 0.0354. The van der Waals surface area contributed by atoms with E-state index in [4.69, 9.17) is 21.9 Å². The summed E-state index contributed by atoms with van der Waals surface area (Å²) >= 11 is 6.02. The van der Waals surface area contributed by atoms with E-state index in [9.17, 15) is 17.6 Å². The summed E-state index contributed by atoms with van der Waals surface area (Å²) in [6, 6.07) is 15.2. The van der Waals surface area contributed by atoms with Crippen LogP contribution in [0.3, 0.4) is 0 Å². The smallest absolute Gasteiger partial charge is 0.266 e. The van der Waals surface area contributed by atoms with Crippen LogP contribution in [0.1, 0.15) is 23.1 Å². The highest BCUT2D eigenvalue weighted by atomic mass is 35.5. The van der Waals surface area contributed by atoms with Gasteiger partial charge < -0.3 is 5.73 Å². The predicted molar refractivity (Wildman–Crippen MR) is 131 cm³/mol. The predicted octanol–water partition coefficient (Wildman–Crippen LogP) is 3.39. The second-order valence-electron chi connectivity index (χ2n) is 8.20. The van der Waals surface area contributed by atoms with Gasteiger partial charge >= 0.3 is 0 Å². The third-order valence-electron chi connectivity index (χ3n) is 5.88. The highest BCUT2D eigenvalue weighted by Gasteiger charge is 2.49. The highest BCUT2D eigenvalue weighted by Crippen LogP contribution is 2.41. The molecule has 3 aromatic rings. The second-order valence-corrected chi connectivity index (χ2v) is 10.2. The largest absolute Gasteiger partial charge is 0.369 e. The number of carbonyl (C=O) groups excluding carboxylic acids is 1. The Labute approximate surface area is 207 Å². The van der Waals surface area contributed by atoms with E-state index in [1.54, 1.807) is 48.5 Å². The molecule has 1 aromatic heterocycles. The SMILES string of the molecule is CN1C(=O)C(c2ccc(CCCS(=O)(=O)O)cc2)(c2cccc(-c3cc(Cl)cnc3F)c2)N=C1N. The highest BCUT2D eigenvalue weighted by molar-refractivity contribution is 7.85. The Hall–Kier alpha value is -3.34. The number of halogens is 2. The molecule has 1 unspecified atom stereocenters. The summed E-state index contributed by atoms with van der Waals surface area (Å²) in [6.45, 7) is 0. The minimum Gasteiger partial charge on any atom is -0.369 e. The van der Waals surface area contributed by atoms with Gasteiger partial charge in [-0.05, 0) is 47.2 Å². The number of hydrogen-bond donors (Lipinski definition) is 2.